The Hall–Kier alpha value is -2.07. The maximum Gasteiger partial charge on any atom is 0.143 e. The molecule has 0 saturated carbocycles. The largest absolute Gasteiger partial charge is 0.495 e. The van der Waals surface area contributed by atoms with E-state index in [-0.39, 0.29) is 0 Å². The van der Waals surface area contributed by atoms with E-state index in [0.29, 0.717) is 0 Å². The molecular weight excluding hydrogens is 328 g/mol. The summed E-state index contributed by atoms with van der Waals surface area (Å²) in [5.74, 6) is 0.793. The molecule has 2 aromatic carbocycles. The van der Waals surface area contributed by atoms with Gasteiger partial charge in [-0.1, -0.05) is 28.1 Å². The Kier molecular flexibility index (Phi) is 3.80. The third-order valence-corrected chi connectivity index (χ3v) is 3.82. The van der Waals surface area contributed by atoms with Crippen molar-refractivity contribution in [3.63, 3.8) is 0 Å². The lowest BCUT2D eigenvalue weighted by molar-refractivity contribution is 0.416. The fraction of sp³-hybridized carbons (Fsp3) is 0.118. The Bertz CT molecular complexity index is 802. The number of ether oxygens (including phenoxy) is 1. The lowest BCUT2D eigenvalue weighted by atomic mass is 10.1. The molecule has 0 amide bonds. The zero-order valence-corrected chi connectivity index (χ0v) is 13.4. The first-order valence-corrected chi connectivity index (χ1v) is 7.42. The summed E-state index contributed by atoms with van der Waals surface area (Å²) >= 11 is 3.45. The molecule has 21 heavy (non-hydrogen) atoms. The standard InChI is InChI=1S/C17H15BrN2O/c1-11-3-5-13-14(7-8-19-16(13)9-11)20-15-6-4-12(18)10-17(15)21-2/h3-10H,1-2H3,(H,19,20). The highest BCUT2D eigenvalue weighted by molar-refractivity contribution is 9.10. The first kappa shape index (κ1) is 13.9. The number of anilines is 2. The minimum atomic E-state index is 0.793. The zero-order chi connectivity index (χ0) is 14.8. The van der Waals surface area contributed by atoms with Gasteiger partial charge in [0.15, 0.2) is 0 Å². The summed E-state index contributed by atoms with van der Waals surface area (Å²) in [6.45, 7) is 2.07. The summed E-state index contributed by atoms with van der Waals surface area (Å²) in [5.41, 5.74) is 4.12. The predicted octanol–water partition coefficient (Wildman–Crippen LogP) is 5.06. The fourth-order valence-electron chi connectivity index (χ4n) is 2.28. The van der Waals surface area contributed by atoms with Crippen LogP contribution < -0.4 is 10.1 Å². The molecule has 3 rings (SSSR count). The molecular formula is C17H15BrN2O. The van der Waals surface area contributed by atoms with Gasteiger partial charge in [-0.2, -0.15) is 0 Å². The Morgan fingerprint density at radius 2 is 1.90 bits per heavy atom. The van der Waals surface area contributed by atoms with E-state index >= 15 is 0 Å². The molecule has 0 saturated heterocycles. The lowest BCUT2D eigenvalue weighted by Crippen LogP contribution is -1.96. The van der Waals surface area contributed by atoms with Gasteiger partial charge in [-0.25, -0.2) is 0 Å². The van der Waals surface area contributed by atoms with Crippen LogP contribution in [0.3, 0.4) is 0 Å². The number of halogens is 1. The van der Waals surface area contributed by atoms with Gasteiger partial charge < -0.3 is 10.1 Å². The van der Waals surface area contributed by atoms with Crippen LogP contribution in [0, 0.1) is 6.92 Å². The predicted molar refractivity (Wildman–Crippen MR) is 90.5 cm³/mol. The highest BCUT2D eigenvalue weighted by atomic mass is 79.9. The van der Waals surface area contributed by atoms with Gasteiger partial charge >= 0.3 is 0 Å². The third-order valence-electron chi connectivity index (χ3n) is 3.33. The Balaban J connectivity index is 2.06. The monoisotopic (exact) mass is 342 g/mol. The molecule has 0 aliphatic carbocycles. The Morgan fingerprint density at radius 3 is 2.71 bits per heavy atom. The number of aryl methyl sites for hydroxylation is 1. The van der Waals surface area contributed by atoms with Crippen LogP contribution in [0.25, 0.3) is 10.9 Å². The minimum Gasteiger partial charge on any atom is -0.495 e. The number of aromatic nitrogens is 1. The van der Waals surface area contributed by atoms with Gasteiger partial charge in [0.05, 0.1) is 18.3 Å². The summed E-state index contributed by atoms with van der Waals surface area (Å²) < 4.78 is 6.41. The van der Waals surface area contributed by atoms with Crippen molar-refractivity contribution in [2.24, 2.45) is 0 Å². The molecule has 0 bridgehead atoms. The first-order valence-electron chi connectivity index (χ1n) is 6.63. The lowest BCUT2D eigenvalue weighted by Gasteiger charge is -2.13. The minimum absolute atomic E-state index is 0.793. The molecule has 4 heteroatoms. The van der Waals surface area contributed by atoms with Gasteiger partial charge in [-0.3, -0.25) is 4.98 Å². The van der Waals surface area contributed by atoms with E-state index in [1.165, 1.54) is 5.56 Å². The average molecular weight is 343 g/mol. The average Bonchev–Trinajstić information content (AvgIpc) is 2.49. The normalized spacial score (nSPS) is 10.6. The van der Waals surface area contributed by atoms with Crippen molar-refractivity contribution in [1.29, 1.82) is 0 Å². The van der Waals surface area contributed by atoms with Crippen LogP contribution >= 0.6 is 15.9 Å². The van der Waals surface area contributed by atoms with Crippen molar-refractivity contribution in [2.45, 2.75) is 6.92 Å². The highest BCUT2D eigenvalue weighted by Crippen LogP contribution is 2.32. The van der Waals surface area contributed by atoms with Gasteiger partial charge in [-0.15, -0.1) is 0 Å². The van der Waals surface area contributed by atoms with Crippen molar-refractivity contribution in [2.75, 3.05) is 12.4 Å². The van der Waals surface area contributed by atoms with E-state index in [1.807, 2.05) is 30.5 Å². The molecule has 0 radical (unpaired) electrons. The van der Waals surface area contributed by atoms with Crippen LogP contribution in [0.4, 0.5) is 11.4 Å². The number of hydrogen-bond acceptors (Lipinski definition) is 3. The SMILES string of the molecule is COc1cc(Br)ccc1Nc1ccnc2cc(C)ccc12. The molecule has 0 spiro atoms. The Morgan fingerprint density at radius 1 is 1.05 bits per heavy atom. The molecule has 0 aliphatic rings. The summed E-state index contributed by atoms with van der Waals surface area (Å²) in [7, 11) is 1.67. The van der Waals surface area contributed by atoms with Crippen molar-refractivity contribution >= 4 is 38.2 Å². The van der Waals surface area contributed by atoms with Crippen molar-refractivity contribution in [1.82, 2.24) is 4.98 Å². The number of nitrogens with zero attached hydrogens (tertiary/aromatic N) is 1. The van der Waals surface area contributed by atoms with Gasteiger partial charge in [-0.05, 0) is 42.8 Å². The van der Waals surface area contributed by atoms with Crippen molar-refractivity contribution in [3.8, 4) is 5.75 Å². The maximum atomic E-state index is 5.42. The van der Waals surface area contributed by atoms with Crippen LogP contribution in [-0.4, -0.2) is 12.1 Å². The number of pyridine rings is 1. The third kappa shape index (κ3) is 2.85. The summed E-state index contributed by atoms with van der Waals surface area (Å²) in [5, 5.41) is 4.52. The summed E-state index contributed by atoms with van der Waals surface area (Å²) in [6.07, 6.45) is 1.81. The molecule has 3 nitrogen and oxygen atoms in total. The van der Waals surface area contributed by atoms with E-state index in [9.17, 15) is 0 Å². The molecule has 106 valence electrons. The number of nitrogens with one attached hydrogen (secondary N) is 1. The second-order valence-corrected chi connectivity index (χ2v) is 5.76. The molecule has 0 aliphatic heterocycles. The van der Waals surface area contributed by atoms with E-state index in [0.717, 1.165) is 32.5 Å². The molecule has 1 N–H and O–H groups in total. The number of hydrogen-bond donors (Lipinski definition) is 1. The van der Waals surface area contributed by atoms with Crippen LogP contribution in [0.2, 0.25) is 0 Å². The topological polar surface area (TPSA) is 34.1 Å². The molecule has 1 aromatic heterocycles. The van der Waals surface area contributed by atoms with Crippen LogP contribution in [0.1, 0.15) is 5.56 Å². The van der Waals surface area contributed by atoms with E-state index in [4.69, 9.17) is 4.74 Å². The Labute approximate surface area is 132 Å². The van der Waals surface area contributed by atoms with Gasteiger partial charge in [0.25, 0.3) is 0 Å². The number of fused-ring (bicyclic) bond motifs is 1. The second-order valence-electron chi connectivity index (χ2n) is 4.85. The fourth-order valence-corrected chi connectivity index (χ4v) is 2.62. The molecule has 1 heterocycles. The zero-order valence-electron chi connectivity index (χ0n) is 11.9. The summed E-state index contributed by atoms with van der Waals surface area (Å²) in [4.78, 5) is 4.42. The smallest absolute Gasteiger partial charge is 0.143 e. The number of benzene rings is 2. The van der Waals surface area contributed by atoms with E-state index in [2.05, 4.69) is 51.4 Å². The first-order chi connectivity index (χ1) is 10.2. The van der Waals surface area contributed by atoms with E-state index < -0.39 is 0 Å². The van der Waals surface area contributed by atoms with Crippen LogP contribution in [0.5, 0.6) is 5.75 Å². The van der Waals surface area contributed by atoms with Crippen molar-refractivity contribution in [3.05, 3.63) is 58.7 Å². The molecule has 3 aromatic rings. The van der Waals surface area contributed by atoms with Crippen molar-refractivity contribution < 1.29 is 4.74 Å². The van der Waals surface area contributed by atoms with Crippen LogP contribution in [-0.2, 0) is 0 Å². The number of methoxy groups -OCH3 is 1. The molecule has 0 unspecified atom stereocenters. The van der Waals surface area contributed by atoms with Gasteiger partial charge in [0, 0.05) is 21.7 Å². The molecule has 0 atom stereocenters. The molecule has 0 fully saturated rings. The quantitative estimate of drug-likeness (QED) is 0.722. The number of rotatable bonds is 3. The van der Waals surface area contributed by atoms with E-state index in [1.54, 1.807) is 7.11 Å². The highest BCUT2D eigenvalue weighted by Gasteiger charge is 2.07. The summed E-state index contributed by atoms with van der Waals surface area (Å²) in [6, 6.07) is 14.1. The van der Waals surface area contributed by atoms with Gasteiger partial charge in [0.2, 0.25) is 0 Å². The second kappa shape index (κ2) is 5.74. The van der Waals surface area contributed by atoms with Gasteiger partial charge in [0.1, 0.15) is 5.75 Å². The maximum absolute atomic E-state index is 5.42. The van der Waals surface area contributed by atoms with Crippen LogP contribution in [0.15, 0.2) is 53.1 Å².